The molecule has 0 aliphatic rings. The van der Waals surface area contributed by atoms with E-state index in [0.717, 1.165) is 11.3 Å². The zero-order valence-corrected chi connectivity index (χ0v) is 9.41. The van der Waals surface area contributed by atoms with Gasteiger partial charge in [-0.3, -0.25) is 0 Å². The van der Waals surface area contributed by atoms with Crippen LogP contribution in [-0.4, -0.2) is 15.5 Å². The Labute approximate surface area is 89.4 Å². The topological polar surface area (TPSA) is 81.4 Å². The highest BCUT2D eigenvalue weighted by atomic mass is 32.2. The summed E-state index contributed by atoms with van der Waals surface area (Å²) in [6.07, 6.45) is 0. The number of rotatable bonds is 4. The van der Waals surface area contributed by atoms with Crippen LogP contribution in [0.1, 0.15) is 18.5 Å². The Morgan fingerprint density at radius 2 is 1.87 bits per heavy atom. The van der Waals surface area contributed by atoms with Gasteiger partial charge < -0.3 is 4.74 Å². The lowest BCUT2D eigenvalue weighted by Gasteiger charge is -2.12. The molecule has 6 heteroatoms. The van der Waals surface area contributed by atoms with E-state index < -0.39 is 10.2 Å². The molecule has 0 spiro atoms. The summed E-state index contributed by atoms with van der Waals surface area (Å²) in [5.74, 6) is 0.724. The Bertz CT molecular complexity index is 413. The molecule has 0 aliphatic heterocycles. The van der Waals surface area contributed by atoms with Gasteiger partial charge >= 0.3 is 0 Å². The molecular formula is C9H14N2O3S. The normalized spacial score (nSPS) is 13.5. The largest absolute Gasteiger partial charge is 0.497 e. The summed E-state index contributed by atoms with van der Waals surface area (Å²) in [5.41, 5.74) is 0.824. The van der Waals surface area contributed by atoms with Gasteiger partial charge in [0.25, 0.3) is 10.2 Å². The lowest BCUT2D eigenvalue weighted by Crippen LogP contribution is -2.32. The summed E-state index contributed by atoms with van der Waals surface area (Å²) < 4.78 is 28.8. The van der Waals surface area contributed by atoms with Crippen LogP contribution in [0.25, 0.3) is 0 Å². The summed E-state index contributed by atoms with van der Waals surface area (Å²) in [6.45, 7) is 1.71. The summed E-state index contributed by atoms with van der Waals surface area (Å²) in [7, 11) is -2.10. The van der Waals surface area contributed by atoms with Crippen LogP contribution in [0, 0.1) is 0 Å². The number of benzene rings is 1. The maximum Gasteiger partial charge on any atom is 0.274 e. The third-order valence-corrected chi connectivity index (χ3v) is 2.64. The molecule has 0 fully saturated rings. The van der Waals surface area contributed by atoms with E-state index in [1.165, 1.54) is 0 Å². The monoisotopic (exact) mass is 230 g/mol. The molecule has 0 heterocycles. The predicted octanol–water partition coefficient (Wildman–Crippen LogP) is 0.549. The van der Waals surface area contributed by atoms with Crippen LogP contribution < -0.4 is 14.6 Å². The fourth-order valence-corrected chi connectivity index (χ4v) is 1.84. The molecule has 1 aromatic carbocycles. The smallest absolute Gasteiger partial charge is 0.274 e. The number of ether oxygens (including phenoxy) is 1. The number of hydrogen-bond acceptors (Lipinski definition) is 3. The minimum atomic E-state index is -3.67. The summed E-state index contributed by atoms with van der Waals surface area (Å²) in [4.78, 5) is 0. The minimum absolute atomic E-state index is 0.356. The van der Waals surface area contributed by atoms with Crippen molar-refractivity contribution in [2.75, 3.05) is 7.11 Å². The molecular weight excluding hydrogens is 216 g/mol. The third-order valence-electron chi connectivity index (χ3n) is 1.96. The highest BCUT2D eigenvalue weighted by Gasteiger charge is 2.10. The van der Waals surface area contributed by atoms with Gasteiger partial charge in [0.05, 0.1) is 7.11 Å². The molecule has 0 saturated heterocycles. The van der Waals surface area contributed by atoms with Crippen molar-refractivity contribution in [1.82, 2.24) is 4.72 Å². The highest BCUT2D eigenvalue weighted by Crippen LogP contribution is 2.17. The van der Waals surface area contributed by atoms with E-state index in [0.29, 0.717) is 0 Å². The molecule has 3 N–H and O–H groups in total. The number of nitrogens with one attached hydrogen (secondary N) is 1. The van der Waals surface area contributed by atoms with Gasteiger partial charge in [0.1, 0.15) is 5.75 Å². The molecule has 0 aliphatic carbocycles. The van der Waals surface area contributed by atoms with Crippen LogP contribution in [0.5, 0.6) is 5.75 Å². The highest BCUT2D eigenvalue weighted by molar-refractivity contribution is 7.87. The van der Waals surface area contributed by atoms with Gasteiger partial charge in [-0.2, -0.15) is 13.1 Å². The van der Waals surface area contributed by atoms with E-state index in [4.69, 9.17) is 9.88 Å². The van der Waals surface area contributed by atoms with Gasteiger partial charge in [-0.15, -0.1) is 0 Å². The van der Waals surface area contributed by atoms with Gasteiger partial charge in [0.15, 0.2) is 0 Å². The van der Waals surface area contributed by atoms with E-state index in [-0.39, 0.29) is 6.04 Å². The van der Waals surface area contributed by atoms with Crippen LogP contribution in [0.15, 0.2) is 24.3 Å². The third kappa shape index (κ3) is 3.86. The number of hydrogen-bond donors (Lipinski definition) is 2. The lowest BCUT2D eigenvalue weighted by molar-refractivity contribution is 0.414. The predicted molar refractivity (Wildman–Crippen MR) is 57.7 cm³/mol. The molecule has 0 saturated carbocycles. The van der Waals surface area contributed by atoms with Crippen LogP contribution in [0.4, 0.5) is 0 Å². The summed E-state index contributed by atoms with van der Waals surface area (Å²) >= 11 is 0. The van der Waals surface area contributed by atoms with Crippen LogP contribution in [-0.2, 0) is 10.2 Å². The maximum atomic E-state index is 10.8. The lowest BCUT2D eigenvalue weighted by atomic mass is 10.1. The van der Waals surface area contributed by atoms with Gasteiger partial charge in [0.2, 0.25) is 0 Å². The number of methoxy groups -OCH3 is 1. The first kappa shape index (κ1) is 12.0. The molecule has 0 unspecified atom stereocenters. The zero-order valence-electron chi connectivity index (χ0n) is 8.60. The second kappa shape index (κ2) is 4.61. The van der Waals surface area contributed by atoms with Crippen molar-refractivity contribution in [3.8, 4) is 5.75 Å². The molecule has 0 aromatic heterocycles. The molecule has 1 rings (SSSR count). The van der Waals surface area contributed by atoms with E-state index in [2.05, 4.69) is 4.72 Å². The molecule has 0 bridgehead atoms. The molecule has 1 aromatic rings. The van der Waals surface area contributed by atoms with Crippen LogP contribution in [0.2, 0.25) is 0 Å². The standard InChI is InChI=1S/C9H14N2O3S/c1-7(11-15(10,12)13)8-3-5-9(14-2)6-4-8/h3-7,11H,1-2H3,(H2,10,12,13)/t7-/m0/s1. The Kier molecular flexibility index (Phi) is 3.67. The first-order chi connectivity index (χ1) is 6.92. The van der Waals surface area contributed by atoms with Gasteiger partial charge in [-0.25, -0.2) is 5.14 Å². The fourth-order valence-electron chi connectivity index (χ4n) is 1.21. The van der Waals surface area contributed by atoms with Crippen molar-refractivity contribution in [2.24, 2.45) is 5.14 Å². The summed E-state index contributed by atoms with van der Waals surface area (Å²) in [6, 6.07) is 6.72. The summed E-state index contributed by atoms with van der Waals surface area (Å²) in [5, 5.41) is 4.87. The van der Waals surface area contributed by atoms with Gasteiger partial charge in [-0.1, -0.05) is 12.1 Å². The fraction of sp³-hybridized carbons (Fsp3) is 0.333. The quantitative estimate of drug-likeness (QED) is 0.792. The Balaban J connectivity index is 2.78. The molecule has 1 atom stereocenters. The van der Waals surface area contributed by atoms with Crippen LogP contribution >= 0.6 is 0 Å². The van der Waals surface area contributed by atoms with Crippen molar-refractivity contribution >= 4 is 10.2 Å². The molecule has 15 heavy (non-hydrogen) atoms. The Morgan fingerprint density at radius 1 is 1.33 bits per heavy atom. The second-order valence-corrected chi connectivity index (χ2v) is 4.48. The minimum Gasteiger partial charge on any atom is -0.497 e. The van der Waals surface area contributed by atoms with Crippen molar-refractivity contribution in [3.05, 3.63) is 29.8 Å². The average molecular weight is 230 g/mol. The van der Waals surface area contributed by atoms with E-state index in [1.807, 2.05) is 0 Å². The first-order valence-corrected chi connectivity index (χ1v) is 5.91. The average Bonchev–Trinajstić information content (AvgIpc) is 2.15. The number of nitrogens with two attached hydrogens (primary N) is 1. The van der Waals surface area contributed by atoms with Crippen LogP contribution in [0.3, 0.4) is 0 Å². The van der Waals surface area contributed by atoms with Crippen molar-refractivity contribution in [1.29, 1.82) is 0 Å². The SMILES string of the molecule is COc1ccc([C@H](C)NS(N)(=O)=O)cc1. The van der Waals surface area contributed by atoms with E-state index in [9.17, 15) is 8.42 Å². The molecule has 0 amide bonds. The maximum absolute atomic E-state index is 10.8. The van der Waals surface area contributed by atoms with Crippen molar-refractivity contribution in [3.63, 3.8) is 0 Å². The Hall–Kier alpha value is -1.11. The van der Waals surface area contributed by atoms with E-state index >= 15 is 0 Å². The van der Waals surface area contributed by atoms with Gasteiger partial charge in [-0.05, 0) is 24.6 Å². The first-order valence-electron chi connectivity index (χ1n) is 4.36. The van der Waals surface area contributed by atoms with Crippen molar-refractivity contribution < 1.29 is 13.2 Å². The molecule has 5 nitrogen and oxygen atoms in total. The molecule has 84 valence electrons. The Morgan fingerprint density at radius 3 is 2.27 bits per heavy atom. The zero-order chi connectivity index (χ0) is 11.5. The van der Waals surface area contributed by atoms with E-state index in [1.54, 1.807) is 38.3 Å². The second-order valence-electron chi connectivity index (χ2n) is 3.16. The van der Waals surface area contributed by atoms with Crippen molar-refractivity contribution in [2.45, 2.75) is 13.0 Å². The van der Waals surface area contributed by atoms with Gasteiger partial charge in [0, 0.05) is 6.04 Å². The molecule has 0 radical (unpaired) electrons.